The predicted octanol–water partition coefficient (Wildman–Crippen LogP) is 3.98. The number of benzene rings is 2. The molecule has 0 bridgehead atoms. The van der Waals surface area contributed by atoms with Gasteiger partial charge in [0.25, 0.3) is 0 Å². The summed E-state index contributed by atoms with van der Waals surface area (Å²) in [6, 6.07) is 20.2. The van der Waals surface area contributed by atoms with E-state index in [1.165, 1.54) is 0 Å². The Morgan fingerprint density at radius 3 is 2.53 bits per heavy atom. The topological polar surface area (TPSA) is 63.6 Å². The van der Waals surface area contributed by atoms with Gasteiger partial charge in [0.05, 0.1) is 18.8 Å². The van der Waals surface area contributed by atoms with E-state index in [0.29, 0.717) is 12.6 Å². The minimum Gasteiger partial charge on any atom is -0.497 e. The lowest BCUT2D eigenvalue weighted by molar-refractivity contribution is -0.135. The number of aromatic nitrogens is 1. The Kier molecular flexibility index (Phi) is 5.43. The lowest BCUT2D eigenvalue weighted by atomic mass is 10.0. The van der Waals surface area contributed by atoms with Gasteiger partial charge < -0.3 is 19.5 Å². The summed E-state index contributed by atoms with van der Waals surface area (Å²) in [4.78, 5) is 27.6. The number of amides is 2. The highest BCUT2D eigenvalue weighted by atomic mass is 16.5. The van der Waals surface area contributed by atoms with Gasteiger partial charge in [-0.2, -0.15) is 0 Å². The fourth-order valence-electron chi connectivity index (χ4n) is 4.41. The Morgan fingerprint density at radius 1 is 1.00 bits per heavy atom. The summed E-state index contributed by atoms with van der Waals surface area (Å²) in [5, 5.41) is 2.98. The first-order valence-corrected chi connectivity index (χ1v) is 11.1. The normalized spacial score (nSPS) is 17.2. The summed E-state index contributed by atoms with van der Waals surface area (Å²) in [5.41, 5.74) is 4.19. The highest BCUT2D eigenvalue weighted by Gasteiger charge is 2.33. The molecule has 1 aliphatic carbocycles. The molecule has 3 aromatic rings. The third-order valence-corrected chi connectivity index (χ3v) is 6.22. The van der Waals surface area contributed by atoms with Crippen LogP contribution in [0.2, 0.25) is 0 Å². The monoisotopic (exact) mass is 429 g/mol. The van der Waals surface area contributed by atoms with Crippen molar-refractivity contribution < 1.29 is 14.3 Å². The number of ether oxygens (including phenoxy) is 1. The van der Waals surface area contributed by atoms with Crippen molar-refractivity contribution in [2.45, 2.75) is 44.3 Å². The molecule has 2 aliphatic rings. The van der Waals surface area contributed by atoms with E-state index in [-0.39, 0.29) is 30.7 Å². The maximum atomic E-state index is 13.5. The zero-order valence-corrected chi connectivity index (χ0v) is 18.2. The van der Waals surface area contributed by atoms with Crippen LogP contribution in [-0.4, -0.2) is 34.4 Å². The number of rotatable bonds is 6. The van der Waals surface area contributed by atoms with Crippen molar-refractivity contribution in [1.82, 2.24) is 14.8 Å². The van der Waals surface area contributed by atoms with Crippen LogP contribution >= 0.6 is 0 Å². The third kappa shape index (κ3) is 4.00. The van der Waals surface area contributed by atoms with Crippen LogP contribution in [0, 0.1) is 0 Å². The Labute approximate surface area is 187 Å². The van der Waals surface area contributed by atoms with Gasteiger partial charge in [0.2, 0.25) is 11.8 Å². The smallest absolute Gasteiger partial charge is 0.224 e. The molecule has 0 radical (unpaired) electrons. The van der Waals surface area contributed by atoms with E-state index in [9.17, 15) is 9.59 Å². The van der Waals surface area contributed by atoms with Gasteiger partial charge in [-0.3, -0.25) is 9.59 Å². The molecule has 0 saturated heterocycles. The number of nitrogens with zero attached hydrogens (tertiary/aromatic N) is 2. The first-order chi connectivity index (χ1) is 15.6. The molecule has 1 aromatic heterocycles. The van der Waals surface area contributed by atoms with Gasteiger partial charge in [-0.15, -0.1) is 0 Å². The molecule has 1 unspecified atom stereocenters. The summed E-state index contributed by atoms with van der Waals surface area (Å²) in [5.74, 6) is 0.706. The number of carbonyl (C=O) groups is 2. The second kappa shape index (κ2) is 8.54. The van der Waals surface area contributed by atoms with E-state index in [0.717, 1.165) is 41.1 Å². The molecule has 1 saturated carbocycles. The first kappa shape index (κ1) is 20.4. The lowest BCUT2D eigenvalue weighted by Crippen LogP contribution is -2.35. The van der Waals surface area contributed by atoms with Crippen molar-refractivity contribution in [2.75, 3.05) is 7.11 Å². The summed E-state index contributed by atoms with van der Waals surface area (Å²) in [6.45, 7) is 0.484. The van der Waals surface area contributed by atoms with Gasteiger partial charge in [0.1, 0.15) is 5.75 Å². The second-order valence-electron chi connectivity index (χ2n) is 8.47. The van der Waals surface area contributed by atoms with Crippen LogP contribution in [0.15, 0.2) is 66.9 Å². The van der Waals surface area contributed by atoms with Crippen LogP contribution in [-0.2, 0) is 16.1 Å². The number of nitrogens with one attached hydrogen (secondary N) is 1. The SMILES string of the molecule is COc1ccc(C2c3cccn3-c3ccccc3CN2C(=O)CCC(=O)NC2CC2)cc1. The van der Waals surface area contributed by atoms with Gasteiger partial charge in [-0.25, -0.2) is 0 Å². The lowest BCUT2D eigenvalue weighted by Gasteiger charge is -2.31. The van der Waals surface area contributed by atoms with Gasteiger partial charge in [-0.1, -0.05) is 30.3 Å². The number of hydrogen-bond donors (Lipinski definition) is 1. The van der Waals surface area contributed by atoms with E-state index in [1.54, 1.807) is 7.11 Å². The van der Waals surface area contributed by atoms with E-state index >= 15 is 0 Å². The summed E-state index contributed by atoms with van der Waals surface area (Å²) in [6.07, 6.45) is 4.53. The minimum absolute atomic E-state index is 0.0266. The second-order valence-corrected chi connectivity index (χ2v) is 8.47. The maximum absolute atomic E-state index is 13.5. The fourth-order valence-corrected chi connectivity index (χ4v) is 4.41. The predicted molar refractivity (Wildman–Crippen MR) is 122 cm³/mol. The molecule has 2 heterocycles. The first-order valence-electron chi connectivity index (χ1n) is 11.1. The molecule has 2 aromatic carbocycles. The van der Waals surface area contributed by atoms with Crippen LogP contribution in [0.3, 0.4) is 0 Å². The number of hydrogen-bond acceptors (Lipinski definition) is 3. The van der Waals surface area contributed by atoms with Crippen LogP contribution < -0.4 is 10.1 Å². The largest absolute Gasteiger partial charge is 0.497 e. The average molecular weight is 430 g/mol. The molecule has 1 N–H and O–H groups in total. The molecule has 1 aliphatic heterocycles. The Bertz CT molecular complexity index is 1130. The highest BCUT2D eigenvalue weighted by molar-refractivity contribution is 5.84. The maximum Gasteiger partial charge on any atom is 0.224 e. The fraction of sp³-hybridized carbons (Fsp3) is 0.308. The number of methoxy groups -OCH3 is 1. The van der Waals surface area contributed by atoms with Crippen molar-refractivity contribution >= 4 is 11.8 Å². The van der Waals surface area contributed by atoms with E-state index < -0.39 is 0 Å². The molecule has 5 rings (SSSR count). The van der Waals surface area contributed by atoms with Gasteiger partial charge in [0.15, 0.2) is 0 Å². The van der Waals surface area contributed by atoms with E-state index in [2.05, 4.69) is 28.1 Å². The molecule has 0 spiro atoms. The summed E-state index contributed by atoms with van der Waals surface area (Å²) >= 11 is 0. The van der Waals surface area contributed by atoms with Gasteiger partial charge >= 0.3 is 0 Å². The van der Waals surface area contributed by atoms with E-state index in [4.69, 9.17) is 4.74 Å². The molecule has 1 fully saturated rings. The molecule has 32 heavy (non-hydrogen) atoms. The molecule has 1 atom stereocenters. The van der Waals surface area contributed by atoms with E-state index in [1.807, 2.05) is 53.6 Å². The summed E-state index contributed by atoms with van der Waals surface area (Å²) in [7, 11) is 1.64. The van der Waals surface area contributed by atoms with Crippen molar-refractivity contribution in [2.24, 2.45) is 0 Å². The van der Waals surface area contributed by atoms with Gasteiger partial charge in [0, 0.05) is 37.3 Å². The Morgan fingerprint density at radius 2 is 1.78 bits per heavy atom. The van der Waals surface area contributed by atoms with Crippen LogP contribution in [0.5, 0.6) is 5.75 Å². The molecular formula is C26H27N3O3. The zero-order valence-electron chi connectivity index (χ0n) is 18.2. The molecular weight excluding hydrogens is 402 g/mol. The van der Waals surface area contributed by atoms with Crippen molar-refractivity contribution in [3.05, 3.63) is 83.7 Å². The van der Waals surface area contributed by atoms with Crippen molar-refractivity contribution in [1.29, 1.82) is 0 Å². The van der Waals surface area contributed by atoms with Crippen molar-refractivity contribution in [3.63, 3.8) is 0 Å². The quantitative estimate of drug-likeness (QED) is 0.645. The average Bonchev–Trinajstić information content (AvgIpc) is 3.53. The highest BCUT2D eigenvalue weighted by Crippen LogP contribution is 2.37. The number of para-hydroxylation sites is 1. The van der Waals surface area contributed by atoms with Crippen molar-refractivity contribution in [3.8, 4) is 11.4 Å². The number of carbonyl (C=O) groups excluding carboxylic acids is 2. The molecule has 6 heteroatoms. The Balaban J connectivity index is 1.50. The minimum atomic E-state index is -0.262. The molecule has 164 valence electrons. The zero-order chi connectivity index (χ0) is 22.1. The van der Waals surface area contributed by atoms with Crippen LogP contribution in [0.4, 0.5) is 0 Å². The number of fused-ring (bicyclic) bond motifs is 3. The molecule has 6 nitrogen and oxygen atoms in total. The summed E-state index contributed by atoms with van der Waals surface area (Å²) < 4.78 is 7.50. The standard InChI is InChI=1S/C26H27N3O3/c1-32-21-12-8-18(9-13-21)26-23-7-4-16-28(23)22-6-3-2-5-19(22)17-29(26)25(31)15-14-24(30)27-20-10-11-20/h2-9,12-13,16,20,26H,10-11,14-15,17H2,1H3,(H,27,30). The van der Waals surface area contributed by atoms with Gasteiger partial charge in [-0.05, 0) is 54.3 Å². The Hall–Kier alpha value is -3.54. The van der Waals surface area contributed by atoms with Crippen LogP contribution in [0.1, 0.15) is 48.5 Å². The molecule has 2 amide bonds. The third-order valence-electron chi connectivity index (χ3n) is 6.22. The van der Waals surface area contributed by atoms with Crippen LogP contribution in [0.25, 0.3) is 5.69 Å².